The van der Waals surface area contributed by atoms with Crippen LogP contribution in [0.15, 0.2) is 0 Å². The van der Waals surface area contributed by atoms with Crippen molar-refractivity contribution in [3.8, 4) is 0 Å². The molecule has 0 rings (SSSR count). The van der Waals surface area contributed by atoms with E-state index in [1.807, 2.05) is 20.8 Å². The van der Waals surface area contributed by atoms with Crippen LogP contribution in [0, 0.1) is 11.8 Å². The second kappa shape index (κ2) is 9.83. The van der Waals surface area contributed by atoms with Crippen molar-refractivity contribution < 1.29 is 24.7 Å². The van der Waals surface area contributed by atoms with Crippen molar-refractivity contribution in [1.82, 2.24) is 0 Å². The van der Waals surface area contributed by atoms with Gasteiger partial charge in [0.15, 0.2) is 0 Å². The molecule has 0 saturated heterocycles. The Morgan fingerprint density at radius 2 is 1.50 bits per heavy atom. The molecule has 0 spiro atoms. The number of hydrogen-bond donors (Lipinski definition) is 1. The Labute approximate surface area is 136 Å². The molecule has 2 atom stereocenters. The minimum Gasteiger partial charge on any atom is -0.391 e. The van der Waals surface area contributed by atoms with E-state index in [1.165, 1.54) is 0 Å². The summed E-state index contributed by atoms with van der Waals surface area (Å²) < 4.78 is 0. The second-order valence-corrected chi connectivity index (χ2v) is 7.66. The minimum atomic E-state index is -1.00. The normalized spacial score (nSPS) is 17.0. The standard InChI is InChI=1S/C17H36O5/c1-9-16(6,7)20-22-17(8,11-14(4)5)21-19-12-15(18)10-13(2)3/h13-15,18H,9-12H2,1-8H3. The van der Waals surface area contributed by atoms with Gasteiger partial charge in [0, 0.05) is 6.42 Å². The summed E-state index contributed by atoms with van der Waals surface area (Å²) in [6.45, 7) is 16.1. The molecule has 0 aromatic heterocycles. The van der Waals surface area contributed by atoms with Crippen LogP contribution in [-0.4, -0.2) is 29.2 Å². The van der Waals surface area contributed by atoms with Gasteiger partial charge in [0.1, 0.15) is 6.61 Å². The smallest absolute Gasteiger partial charge is 0.231 e. The van der Waals surface area contributed by atoms with Crippen molar-refractivity contribution in [1.29, 1.82) is 0 Å². The van der Waals surface area contributed by atoms with Gasteiger partial charge in [-0.1, -0.05) is 34.6 Å². The molecule has 1 N–H and O–H groups in total. The van der Waals surface area contributed by atoms with E-state index in [-0.39, 0.29) is 6.61 Å². The van der Waals surface area contributed by atoms with E-state index < -0.39 is 17.5 Å². The van der Waals surface area contributed by atoms with Crippen LogP contribution in [0.5, 0.6) is 0 Å². The first kappa shape index (κ1) is 21.8. The molecule has 0 heterocycles. The highest BCUT2D eigenvalue weighted by Gasteiger charge is 2.33. The Balaban J connectivity index is 4.43. The lowest BCUT2D eigenvalue weighted by Gasteiger charge is -2.32. The van der Waals surface area contributed by atoms with Gasteiger partial charge in [-0.15, -0.1) is 0 Å². The average Bonchev–Trinajstić information content (AvgIpc) is 2.35. The van der Waals surface area contributed by atoms with Crippen LogP contribution in [0.3, 0.4) is 0 Å². The fourth-order valence-electron chi connectivity index (χ4n) is 1.93. The first-order chi connectivity index (χ1) is 9.99. The summed E-state index contributed by atoms with van der Waals surface area (Å²) in [4.78, 5) is 21.7. The molecule has 0 fully saturated rings. The number of aliphatic hydroxyl groups is 1. The Morgan fingerprint density at radius 3 is 1.95 bits per heavy atom. The fourth-order valence-corrected chi connectivity index (χ4v) is 1.93. The zero-order valence-electron chi connectivity index (χ0n) is 15.6. The largest absolute Gasteiger partial charge is 0.391 e. The van der Waals surface area contributed by atoms with E-state index in [0.29, 0.717) is 24.7 Å². The molecule has 0 saturated carbocycles. The van der Waals surface area contributed by atoms with Crippen LogP contribution in [0.4, 0.5) is 0 Å². The highest BCUT2D eigenvalue weighted by Crippen LogP contribution is 2.27. The van der Waals surface area contributed by atoms with Gasteiger partial charge >= 0.3 is 0 Å². The average molecular weight is 320 g/mol. The summed E-state index contributed by atoms with van der Waals surface area (Å²) in [6, 6.07) is 0. The summed E-state index contributed by atoms with van der Waals surface area (Å²) in [5, 5.41) is 9.82. The summed E-state index contributed by atoms with van der Waals surface area (Å²) in [5.74, 6) is -0.244. The third-order valence-electron chi connectivity index (χ3n) is 3.31. The van der Waals surface area contributed by atoms with Gasteiger partial charge in [0.05, 0.1) is 11.7 Å². The third kappa shape index (κ3) is 10.5. The first-order valence-electron chi connectivity index (χ1n) is 8.35. The lowest BCUT2D eigenvalue weighted by atomic mass is 10.0. The molecule has 0 aliphatic carbocycles. The molecular formula is C17H36O5. The van der Waals surface area contributed by atoms with Gasteiger partial charge < -0.3 is 5.11 Å². The monoisotopic (exact) mass is 320 g/mol. The summed E-state index contributed by atoms with van der Waals surface area (Å²) >= 11 is 0. The third-order valence-corrected chi connectivity index (χ3v) is 3.31. The lowest BCUT2D eigenvalue weighted by molar-refractivity contribution is -0.528. The summed E-state index contributed by atoms with van der Waals surface area (Å²) in [6.07, 6.45) is 1.56. The zero-order chi connectivity index (χ0) is 17.4. The Kier molecular flexibility index (Phi) is 9.74. The highest BCUT2D eigenvalue weighted by atomic mass is 17.3. The maximum atomic E-state index is 9.82. The molecule has 5 nitrogen and oxygen atoms in total. The fraction of sp³-hybridized carbons (Fsp3) is 1.00. The quantitative estimate of drug-likeness (QED) is 0.331. The van der Waals surface area contributed by atoms with Crippen LogP contribution >= 0.6 is 0 Å². The molecule has 0 aliphatic rings. The van der Waals surface area contributed by atoms with Crippen LogP contribution in [0.1, 0.15) is 74.7 Å². The zero-order valence-corrected chi connectivity index (χ0v) is 15.6. The number of rotatable bonds is 12. The Bertz CT molecular complexity index is 291. The number of aliphatic hydroxyl groups excluding tert-OH is 1. The lowest BCUT2D eigenvalue weighted by Crippen LogP contribution is -2.38. The van der Waals surface area contributed by atoms with Crippen molar-refractivity contribution in [3.05, 3.63) is 0 Å². The van der Waals surface area contributed by atoms with E-state index in [0.717, 1.165) is 6.42 Å². The van der Waals surface area contributed by atoms with Gasteiger partial charge in [0.25, 0.3) is 0 Å². The first-order valence-corrected chi connectivity index (χ1v) is 8.35. The summed E-state index contributed by atoms with van der Waals surface area (Å²) in [5.41, 5.74) is -0.390. The van der Waals surface area contributed by atoms with Gasteiger partial charge in [-0.05, 0) is 45.4 Å². The number of hydrogen-bond acceptors (Lipinski definition) is 5. The maximum Gasteiger partial charge on any atom is 0.231 e. The Hall–Kier alpha value is -0.200. The van der Waals surface area contributed by atoms with Crippen molar-refractivity contribution in [2.75, 3.05) is 6.61 Å². The molecule has 0 aliphatic heterocycles. The van der Waals surface area contributed by atoms with E-state index in [4.69, 9.17) is 19.6 Å². The van der Waals surface area contributed by atoms with E-state index in [9.17, 15) is 5.11 Å². The van der Waals surface area contributed by atoms with Gasteiger partial charge in [-0.2, -0.15) is 9.78 Å². The predicted molar refractivity (Wildman–Crippen MR) is 86.9 cm³/mol. The molecule has 0 bridgehead atoms. The van der Waals surface area contributed by atoms with Crippen LogP contribution in [-0.2, 0) is 19.6 Å². The SMILES string of the molecule is CCC(C)(C)OOC(C)(CC(C)C)OOCC(O)CC(C)C. The topological polar surface area (TPSA) is 57.2 Å². The van der Waals surface area contributed by atoms with Crippen LogP contribution in [0.2, 0.25) is 0 Å². The van der Waals surface area contributed by atoms with Crippen molar-refractivity contribution in [3.63, 3.8) is 0 Å². The molecule has 134 valence electrons. The van der Waals surface area contributed by atoms with Gasteiger partial charge in [-0.25, -0.2) is 9.78 Å². The van der Waals surface area contributed by atoms with Crippen LogP contribution in [0.25, 0.3) is 0 Å². The van der Waals surface area contributed by atoms with Gasteiger partial charge in [-0.3, -0.25) is 0 Å². The van der Waals surface area contributed by atoms with Crippen LogP contribution < -0.4 is 0 Å². The van der Waals surface area contributed by atoms with Gasteiger partial charge in [0.2, 0.25) is 5.79 Å². The molecule has 5 heteroatoms. The highest BCUT2D eigenvalue weighted by molar-refractivity contribution is 4.66. The molecular weight excluding hydrogens is 284 g/mol. The molecule has 2 unspecified atom stereocenters. The molecule has 0 radical (unpaired) electrons. The molecule has 22 heavy (non-hydrogen) atoms. The summed E-state index contributed by atoms with van der Waals surface area (Å²) in [7, 11) is 0. The minimum absolute atomic E-state index is 0.117. The van der Waals surface area contributed by atoms with Crippen molar-refractivity contribution in [2.24, 2.45) is 11.8 Å². The Morgan fingerprint density at radius 1 is 0.909 bits per heavy atom. The second-order valence-electron chi connectivity index (χ2n) is 7.66. The molecule has 0 amide bonds. The van der Waals surface area contributed by atoms with Crippen molar-refractivity contribution in [2.45, 2.75) is 92.1 Å². The molecule has 0 aromatic rings. The van der Waals surface area contributed by atoms with E-state index in [1.54, 1.807) is 6.92 Å². The molecule has 0 aromatic carbocycles. The van der Waals surface area contributed by atoms with Crippen molar-refractivity contribution >= 4 is 0 Å². The van der Waals surface area contributed by atoms with E-state index in [2.05, 4.69) is 27.7 Å². The van der Waals surface area contributed by atoms with E-state index >= 15 is 0 Å². The maximum absolute atomic E-state index is 9.82. The predicted octanol–water partition coefficient (Wildman–Crippen LogP) is 4.24.